The molecule has 0 saturated carbocycles. The molecule has 28 heavy (non-hydrogen) atoms. The van der Waals surface area contributed by atoms with E-state index in [0.29, 0.717) is 21.7 Å². The Labute approximate surface area is 176 Å². The fourth-order valence-corrected chi connectivity index (χ4v) is 3.77. The summed E-state index contributed by atoms with van der Waals surface area (Å²) < 4.78 is 11.4. The number of thiazole rings is 1. The van der Waals surface area contributed by atoms with Crippen LogP contribution in [-0.4, -0.2) is 30.2 Å². The van der Waals surface area contributed by atoms with E-state index in [1.165, 1.54) is 17.4 Å². The smallest absolute Gasteiger partial charge is 0.250 e. The second kappa shape index (κ2) is 9.01. The van der Waals surface area contributed by atoms with E-state index < -0.39 is 0 Å². The molecule has 0 spiro atoms. The van der Waals surface area contributed by atoms with Gasteiger partial charge in [-0.3, -0.25) is 10.1 Å². The maximum atomic E-state index is 12.1. The maximum absolute atomic E-state index is 12.1. The average Bonchev–Trinajstić information content (AvgIpc) is 3.06. The third kappa shape index (κ3) is 4.98. The molecular weight excluding hydrogens is 418 g/mol. The molecule has 0 unspecified atom stereocenters. The first-order chi connectivity index (χ1) is 13.5. The van der Waals surface area contributed by atoms with Gasteiger partial charge in [0.05, 0.1) is 24.4 Å². The van der Waals surface area contributed by atoms with Crippen LogP contribution in [0.3, 0.4) is 0 Å². The number of halogens is 1. The van der Waals surface area contributed by atoms with Gasteiger partial charge in [-0.15, -0.1) is 0 Å². The summed E-state index contributed by atoms with van der Waals surface area (Å²) in [5.41, 5.74) is 1.59. The molecule has 0 aliphatic heterocycles. The van der Waals surface area contributed by atoms with Gasteiger partial charge in [-0.2, -0.15) is 0 Å². The molecule has 6 nitrogen and oxygen atoms in total. The van der Waals surface area contributed by atoms with Crippen molar-refractivity contribution in [3.8, 4) is 11.5 Å². The monoisotopic (exact) mass is 433 g/mol. The highest BCUT2D eigenvalue weighted by Crippen LogP contribution is 2.29. The molecule has 1 heterocycles. The number of nitrogens with zero attached hydrogens (tertiary/aromatic N) is 1. The van der Waals surface area contributed by atoms with Gasteiger partial charge in [0, 0.05) is 11.1 Å². The van der Waals surface area contributed by atoms with Crippen molar-refractivity contribution in [1.29, 1.82) is 0 Å². The van der Waals surface area contributed by atoms with Crippen molar-refractivity contribution in [2.45, 2.75) is 0 Å². The van der Waals surface area contributed by atoms with E-state index in [1.807, 2.05) is 18.2 Å². The van der Waals surface area contributed by atoms with Crippen LogP contribution in [0.5, 0.6) is 11.5 Å². The second-order valence-corrected chi connectivity index (χ2v) is 7.40. The van der Waals surface area contributed by atoms with Gasteiger partial charge in [-0.05, 0) is 54.2 Å². The lowest BCUT2D eigenvalue weighted by Crippen LogP contribution is -2.32. The van der Waals surface area contributed by atoms with Crippen LogP contribution >= 0.6 is 35.2 Å². The number of aromatic nitrogens is 1. The predicted molar refractivity (Wildman–Crippen MR) is 118 cm³/mol. The number of anilines is 1. The molecule has 3 rings (SSSR count). The SMILES string of the molecule is COc1ccc(/C=C/C(=O)NC(=S)Nc2nc3ccc(Cl)cc3s2)cc1OC. The van der Waals surface area contributed by atoms with Gasteiger partial charge in [0.2, 0.25) is 5.91 Å². The number of thiocarbonyl (C=S) groups is 1. The number of ether oxygens (including phenoxy) is 2. The van der Waals surface area contributed by atoms with Crippen molar-refractivity contribution in [2.24, 2.45) is 0 Å². The third-order valence-electron chi connectivity index (χ3n) is 3.64. The standard InChI is InChI=1S/C19H16ClN3O3S2/c1-25-14-7-3-11(9-15(14)26-2)4-8-17(24)22-18(27)23-19-21-13-6-5-12(20)10-16(13)28-19/h3-10H,1-2H3,(H2,21,22,23,24,27)/b8-4+. The van der Waals surface area contributed by atoms with Crippen molar-refractivity contribution >= 4 is 67.6 Å². The van der Waals surface area contributed by atoms with Gasteiger partial charge in [0.15, 0.2) is 21.7 Å². The van der Waals surface area contributed by atoms with Crippen LogP contribution in [0.15, 0.2) is 42.5 Å². The minimum atomic E-state index is -0.364. The Morgan fingerprint density at radius 2 is 1.96 bits per heavy atom. The molecule has 9 heteroatoms. The van der Waals surface area contributed by atoms with Gasteiger partial charge in [-0.1, -0.05) is 29.0 Å². The van der Waals surface area contributed by atoms with Crippen molar-refractivity contribution in [2.75, 3.05) is 19.5 Å². The number of nitrogens with one attached hydrogen (secondary N) is 2. The van der Waals surface area contributed by atoms with Crippen LogP contribution in [-0.2, 0) is 4.79 Å². The Morgan fingerprint density at radius 3 is 2.71 bits per heavy atom. The molecule has 0 aliphatic rings. The molecule has 0 atom stereocenters. The summed E-state index contributed by atoms with van der Waals surface area (Å²) in [6.45, 7) is 0. The molecule has 2 aromatic carbocycles. The van der Waals surface area contributed by atoms with E-state index in [0.717, 1.165) is 15.8 Å². The van der Waals surface area contributed by atoms with E-state index in [4.69, 9.17) is 33.3 Å². The number of amides is 1. The lowest BCUT2D eigenvalue weighted by atomic mass is 10.2. The summed E-state index contributed by atoms with van der Waals surface area (Å²) in [4.78, 5) is 16.5. The quantitative estimate of drug-likeness (QED) is 0.456. The fourth-order valence-electron chi connectivity index (χ4n) is 2.36. The predicted octanol–water partition coefficient (Wildman–Crippen LogP) is 4.49. The molecule has 1 aromatic heterocycles. The summed E-state index contributed by atoms with van der Waals surface area (Å²) >= 11 is 12.5. The number of methoxy groups -OCH3 is 2. The zero-order valence-corrected chi connectivity index (χ0v) is 17.4. The Bertz CT molecular complexity index is 1070. The highest BCUT2D eigenvalue weighted by Gasteiger charge is 2.08. The highest BCUT2D eigenvalue weighted by atomic mass is 35.5. The second-order valence-electron chi connectivity index (χ2n) is 5.52. The Balaban J connectivity index is 1.60. The zero-order valence-electron chi connectivity index (χ0n) is 15.0. The van der Waals surface area contributed by atoms with Crippen molar-refractivity contribution in [3.05, 3.63) is 53.1 Å². The van der Waals surface area contributed by atoms with Crippen molar-refractivity contribution in [3.63, 3.8) is 0 Å². The first kappa shape index (κ1) is 20.1. The summed E-state index contributed by atoms with van der Waals surface area (Å²) in [6, 6.07) is 10.8. The van der Waals surface area contributed by atoms with E-state index in [9.17, 15) is 4.79 Å². The lowest BCUT2D eigenvalue weighted by molar-refractivity contribution is -0.115. The van der Waals surface area contributed by atoms with E-state index in [2.05, 4.69) is 15.6 Å². The van der Waals surface area contributed by atoms with Crippen LogP contribution in [0.1, 0.15) is 5.56 Å². The van der Waals surface area contributed by atoms with E-state index >= 15 is 0 Å². The average molecular weight is 434 g/mol. The lowest BCUT2D eigenvalue weighted by Gasteiger charge is -2.07. The van der Waals surface area contributed by atoms with Crippen molar-refractivity contribution < 1.29 is 14.3 Å². The highest BCUT2D eigenvalue weighted by molar-refractivity contribution is 7.80. The van der Waals surface area contributed by atoms with E-state index in [-0.39, 0.29) is 11.0 Å². The van der Waals surface area contributed by atoms with Crippen LogP contribution in [0.25, 0.3) is 16.3 Å². The van der Waals surface area contributed by atoms with Crippen molar-refractivity contribution in [1.82, 2.24) is 10.3 Å². The molecule has 0 fully saturated rings. The third-order valence-corrected chi connectivity index (χ3v) is 5.02. The number of carbonyl (C=O) groups excluding carboxylic acids is 1. The maximum Gasteiger partial charge on any atom is 0.250 e. The first-order valence-corrected chi connectivity index (χ1v) is 9.67. The summed E-state index contributed by atoms with van der Waals surface area (Å²) in [5, 5.41) is 6.86. The molecule has 2 N–H and O–H groups in total. The molecule has 3 aromatic rings. The van der Waals surface area contributed by atoms with Gasteiger partial charge >= 0.3 is 0 Å². The largest absolute Gasteiger partial charge is 0.493 e. The molecular formula is C19H16ClN3O3S2. The Hall–Kier alpha value is -2.68. The minimum Gasteiger partial charge on any atom is -0.493 e. The van der Waals surface area contributed by atoms with Crippen LogP contribution in [0.2, 0.25) is 5.02 Å². The Morgan fingerprint density at radius 1 is 1.18 bits per heavy atom. The van der Waals surface area contributed by atoms with Gasteiger partial charge in [0.25, 0.3) is 0 Å². The Kier molecular flexibility index (Phi) is 6.45. The normalized spacial score (nSPS) is 10.8. The number of fused-ring (bicyclic) bond motifs is 1. The van der Waals surface area contributed by atoms with E-state index in [1.54, 1.807) is 38.5 Å². The number of hydrogen-bond donors (Lipinski definition) is 2. The molecule has 0 aliphatic carbocycles. The number of hydrogen-bond acceptors (Lipinski definition) is 6. The van der Waals surface area contributed by atoms with Gasteiger partial charge in [0.1, 0.15) is 0 Å². The molecule has 144 valence electrons. The first-order valence-electron chi connectivity index (χ1n) is 8.06. The van der Waals surface area contributed by atoms with Crippen LogP contribution in [0.4, 0.5) is 5.13 Å². The number of carbonyl (C=O) groups is 1. The summed E-state index contributed by atoms with van der Waals surface area (Å²) in [6.07, 6.45) is 3.03. The molecule has 0 radical (unpaired) electrons. The molecule has 1 amide bonds. The molecule has 0 saturated heterocycles. The topological polar surface area (TPSA) is 72.5 Å². The summed E-state index contributed by atoms with van der Waals surface area (Å²) in [7, 11) is 3.12. The number of benzene rings is 2. The van der Waals surface area contributed by atoms with Gasteiger partial charge in [-0.25, -0.2) is 4.98 Å². The van der Waals surface area contributed by atoms with Crippen LogP contribution in [0, 0.1) is 0 Å². The number of rotatable bonds is 5. The fraction of sp³-hybridized carbons (Fsp3) is 0.105. The molecule has 0 bridgehead atoms. The summed E-state index contributed by atoms with van der Waals surface area (Å²) in [5.74, 6) is 0.834. The van der Waals surface area contributed by atoms with Gasteiger partial charge < -0.3 is 14.8 Å². The van der Waals surface area contributed by atoms with Crippen LogP contribution < -0.4 is 20.1 Å². The minimum absolute atomic E-state index is 0.159. The zero-order chi connectivity index (χ0) is 20.1.